The first-order valence-electron chi connectivity index (χ1n) is 8.62. The van der Waals surface area contributed by atoms with Crippen LogP contribution in [0.1, 0.15) is 28.9 Å². The van der Waals surface area contributed by atoms with Crippen molar-refractivity contribution in [3.05, 3.63) is 80.7 Å². The van der Waals surface area contributed by atoms with Crippen molar-refractivity contribution in [1.29, 1.82) is 0 Å². The standard InChI is InChI=1S/C20H18BrN3O2/c21-14-9-11-15(12-10-14)22-19(25)18-17-8-4-5-13-23(17)24(20(18)26)16-6-2-1-3-7-16/h1-3,6-7,9-12H,4-5,8,13H2,(H,22,25). The van der Waals surface area contributed by atoms with Gasteiger partial charge < -0.3 is 5.32 Å². The highest BCUT2D eigenvalue weighted by Crippen LogP contribution is 2.21. The molecule has 1 N–H and O–H groups in total. The Morgan fingerprint density at radius 1 is 1.00 bits per heavy atom. The van der Waals surface area contributed by atoms with Crippen molar-refractivity contribution in [2.45, 2.75) is 25.8 Å². The van der Waals surface area contributed by atoms with Crippen molar-refractivity contribution < 1.29 is 4.79 Å². The minimum Gasteiger partial charge on any atom is -0.322 e. The molecule has 6 heteroatoms. The lowest BCUT2D eigenvalue weighted by Gasteiger charge is -2.19. The third kappa shape index (κ3) is 3.01. The fourth-order valence-electron chi connectivity index (χ4n) is 3.41. The quantitative estimate of drug-likeness (QED) is 0.708. The average Bonchev–Trinajstić information content (AvgIpc) is 2.96. The molecular formula is C20H18BrN3O2. The number of amides is 1. The van der Waals surface area contributed by atoms with Crippen LogP contribution in [-0.4, -0.2) is 15.3 Å². The first kappa shape index (κ1) is 16.8. The molecule has 0 spiro atoms. The van der Waals surface area contributed by atoms with Crippen LogP contribution in [0.3, 0.4) is 0 Å². The second-order valence-electron chi connectivity index (χ2n) is 6.32. The monoisotopic (exact) mass is 411 g/mol. The Labute approximate surface area is 159 Å². The van der Waals surface area contributed by atoms with Crippen LogP contribution in [0, 0.1) is 0 Å². The molecule has 0 atom stereocenters. The summed E-state index contributed by atoms with van der Waals surface area (Å²) in [6.45, 7) is 0.741. The molecule has 3 aromatic rings. The van der Waals surface area contributed by atoms with Gasteiger partial charge in [-0.3, -0.25) is 14.3 Å². The molecule has 0 radical (unpaired) electrons. The lowest BCUT2D eigenvalue weighted by molar-refractivity contribution is 0.102. The Morgan fingerprint density at radius 3 is 2.46 bits per heavy atom. The van der Waals surface area contributed by atoms with Crippen LogP contribution in [0.4, 0.5) is 5.69 Å². The Bertz CT molecular complexity index is 1000. The first-order chi connectivity index (χ1) is 12.6. The summed E-state index contributed by atoms with van der Waals surface area (Å²) in [6, 6.07) is 16.8. The predicted molar refractivity (Wildman–Crippen MR) is 105 cm³/mol. The van der Waals surface area contributed by atoms with Crippen molar-refractivity contribution in [3.63, 3.8) is 0 Å². The zero-order valence-corrected chi connectivity index (χ0v) is 15.7. The number of carbonyl (C=O) groups excluding carboxylic acids is 1. The molecule has 1 aromatic heterocycles. The van der Waals surface area contributed by atoms with Gasteiger partial charge in [0.2, 0.25) is 0 Å². The van der Waals surface area contributed by atoms with E-state index < -0.39 is 0 Å². The third-order valence-corrected chi connectivity index (χ3v) is 5.14. The highest BCUT2D eigenvalue weighted by molar-refractivity contribution is 9.10. The van der Waals surface area contributed by atoms with E-state index in [1.54, 1.807) is 16.8 Å². The Hall–Kier alpha value is -2.60. The van der Waals surface area contributed by atoms with E-state index in [4.69, 9.17) is 0 Å². The fraction of sp³-hybridized carbons (Fsp3) is 0.200. The first-order valence-corrected chi connectivity index (χ1v) is 9.41. The van der Waals surface area contributed by atoms with Gasteiger partial charge in [0.1, 0.15) is 5.56 Å². The summed E-state index contributed by atoms with van der Waals surface area (Å²) in [7, 11) is 0. The van der Waals surface area contributed by atoms with E-state index in [-0.39, 0.29) is 17.0 Å². The minimum atomic E-state index is -0.349. The van der Waals surface area contributed by atoms with Gasteiger partial charge in [0, 0.05) is 16.7 Å². The molecule has 0 unspecified atom stereocenters. The van der Waals surface area contributed by atoms with E-state index in [9.17, 15) is 9.59 Å². The molecular weight excluding hydrogens is 394 g/mol. The Morgan fingerprint density at radius 2 is 1.73 bits per heavy atom. The van der Waals surface area contributed by atoms with E-state index in [2.05, 4.69) is 21.2 Å². The zero-order valence-electron chi connectivity index (χ0n) is 14.1. The van der Waals surface area contributed by atoms with Gasteiger partial charge in [-0.15, -0.1) is 0 Å². The Kier molecular flexibility index (Phi) is 4.51. The van der Waals surface area contributed by atoms with E-state index in [1.807, 2.05) is 47.1 Å². The molecule has 0 bridgehead atoms. The van der Waals surface area contributed by atoms with Crippen LogP contribution in [0.15, 0.2) is 63.9 Å². The van der Waals surface area contributed by atoms with Gasteiger partial charge in [-0.2, -0.15) is 0 Å². The van der Waals surface area contributed by atoms with Gasteiger partial charge in [-0.1, -0.05) is 34.1 Å². The molecule has 1 aliphatic rings. The van der Waals surface area contributed by atoms with Gasteiger partial charge in [0.25, 0.3) is 11.5 Å². The molecule has 26 heavy (non-hydrogen) atoms. The average molecular weight is 412 g/mol. The molecule has 1 amide bonds. The molecule has 0 saturated heterocycles. The normalized spacial score (nSPS) is 13.3. The zero-order chi connectivity index (χ0) is 18.1. The van der Waals surface area contributed by atoms with Crippen molar-refractivity contribution in [3.8, 4) is 5.69 Å². The van der Waals surface area contributed by atoms with Crippen LogP contribution in [0.5, 0.6) is 0 Å². The maximum atomic E-state index is 13.1. The van der Waals surface area contributed by atoms with Crippen LogP contribution in [0.2, 0.25) is 0 Å². The summed E-state index contributed by atoms with van der Waals surface area (Å²) >= 11 is 3.38. The number of para-hydroxylation sites is 1. The van der Waals surface area contributed by atoms with E-state index in [0.29, 0.717) is 5.69 Å². The second-order valence-corrected chi connectivity index (χ2v) is 7.23. The summed E-state index contributed by atoms with van der Waals surface area (Å²) in [5, 5.41) is 2.85. The number of rotatable bonds is 3. The summed E-state index contributed by atoms with van der Waals surface area (Å²) in [4.78, 5) is 26.0. The fourth-order valence-corrected chi connectivity index (χ4v) is 3.68. The number of halogens is 1. The molecule has 1 aliphatic heterocycles. The van der Waals surface area contributed by atoms with Crippen LogP contribution >= 0.6 is 15.9 Å². The predicted octanol–water partition coefficient (Wildman–Crippen LogP) is 3.99. The number of anilines is 1. The molecule has 0 saturated carbocycles. The highest BCUT2D eigenvalue weighted by atomic mass is 79.9. The van der Waals surface area contributed by atoms with E-state index in [0.717, 1.165) is 41.7 Å². The lowest BCUT2D eigenvalue weighted by Crippen LogP contribution is -2.25. The molecule has 2 heterocycles. The number of fused-ring (bicyclic) bond motifs is 1. The molecule has 132 valence electrons. The summed E-state index contributed by atoms with van der Waals surface area (Å²) in [5.41, 5.74) is 2.25. The van der Waals surface area contributed by atoms with Crippen LogP contribution in [-0.2, 0) is 13.0 Å². The highest BCUT2D eigenvalue weighted by Gasteiger charge is 2.27. The molecule has 2 aromatic carbocycles. The topological polar surface area (TPSA) is 56.0 Å². The van der Waals surface area contributed by atoms with Gasteiger partial charge in [0.15, 0.2) is 0 Å². The van der Waals surface area contributed by atoms with E-state index >= 15 is 0 Å². The molecule has 0 fully saturated rings. The number of hydrogen-bond donors (Lipinski definition) is 1. The summed E-state index contributed by atoms with van der Waals surface area (Å²) in [6.07, 6.45) is 2.72. The molecule has 4 rings (SSSR count). The number of benzene rings is 2. The molecule has 5 nitrogen and oxygen atoms in total. The smallest absolute Gasteiger partial charge is 0.284 e. The van der Waals surface area contributed by atoms with Gasteiger partial charge in [-0.25, -0.2) is 4.68 Å². The van der Waals surface area contributed by atoms with E-state index in [1.165, 1.54) is 0 Å². The lowest BCUT2D eigenvalue weighted by atomic mass is 10.1. The summed E-state index contributed by atoms with van der Waals surface area (Å²) < 4.78 is 4.52. The van der Waals surface area contributed by atoms with Crippen LogP contribution in [0.25, 0.3) is 5.69 Å². The number of aromatic nitrogens is 2. The van der Waals surface area contributed by atoms with Gasteiger partial charge >= 0.3 is 0 Å². The maximum Gasteiger partial charge on any atom is 0.284 e. The summed E-state index contributed by atoms with van der Waals surface area (Å²) in [5.74, 6) is -0.349. The van der Waals surface area contributed by atoms with Crippen molar-refractivity contribution in [2.75, 3.05) is 5.32 Å². The van der Waals surface area contributed by atoms with Crippen LogP contribution < -0.4 is 10.9 Å². The largest absolute Gasteiger partial charge is 0.322 e. The second kappa shape index (κ2) is 6.96. The maximum absolute atomic E-state index is 13.1. The number of nitrogens with zero attached hydrogens (tertiary/aromatic N) is 2. The van der Waals surface area contributed by atoms with Gasteiger partial charge in [-0.05, 0) is 55.7 Å². The van der Waals surface area contributed by atoms with Gasteiger partial charge in [0.05, 0.1) is 11.4 Å². The third-order valence-electron chi connectivity index (χ3n) is 4.61. The van der Waals surface area contributed by atoms with Crippen molar-refractivity contribution in [2.24, 2.45) is 0 Å². The molecule has 0 aliphatic carbocycles. The SMILES string of the molecule is O=C(Nc1ccc(Br)cc1)c1c2n(n(-c3ccccc3)c1=O)CCCC2. The van der Waals surface area contributed by atoms with Crippen molar-refractivity contribution in [1.82, 2.24) is 9.36 Å². The number of nitrogens with one attached hydrogen (secondary N) is 1. The Balaban J connectivity index is 1.79. The van der Waals surface area contributed by atoms with Crippen molar-refractivity contribution >= 4 is 27.5 Å². The number of carbonyl (C=O) groups is 1. The number of hydrogen-bond acceptors (Lipinski definition) is 2. The minimum absolute atomic E-state index is 0.247.